The molecule has 10 heteroatoms. The van der Waals surface area contributed by atoms with Crippen LogP contribution in [-0.2, 0) is 25.6 Å². The van der Waals surface area contributed by atoms with Crippen LogP contribution in [0.15, 0.2) is 91.5 Å². The monoisotopic (exact) mass is 626 g/mol. The van der Waals surface area contributed by atoms with E-state index in [1.165, 1.54) is 6.08 Å². The summed E-state index contributed by atoms with van der Waals surface area (Å²) in [5.74, 6) is 0.109. The summed E-state index contributed by atoms with van der Waals surface area (Å²) in [5.41, 5.74) is 3.68. The second-order valence-electron chi connectivity index (χ2n) is 12.2. The first-order valence-electron chi connectivity index (χ1n) is 15.9. The van der Waals surface area contributed by atoms with E-state index in [0.717, 1.165) is 48.3 Å². The number of amides is 2. The number of anilines is 2. The third-order valence-electron chi connectivity index (χ3n) is 9.39. The van der Waals surface area contributed by atoms with Crippen LogP contribution in [0.5, 0.6) is 0 Å². The predicted octanol–water partition coefficient (Wildman–Crippen LogP) is 5.13. The molecule has 46 heavy (non-hydrogen) atoms. The molecule has 242 valence electrons. The van der Waals surface area contributed by atoms with E-state index in [2.05, 4.69) is 46.1 Å². The molecule has 0 aliphatic carbocycles. The number of para-hydroxylation sites is 1. The molecule has 3 aliphatic rings. The van der Waals surface area contributed by atoms with Gasteiger partial charge in [-0.1, -0.05) is 74.2 Å². The maximum absolute atomic E-state index is 13.2. The Morgan fingerprint density at radius 3 is 2.54 bits per heavy atom. The second-order valence-corrected chi connectivity index (χ2v) is 12.2. The summed E-state index contributed by atoms with van der Waals surface area (Å²) in [4.78, 5) is 30.0. The molecule has 10 nitrogen and oxygen atoms in total. The summed E-state index contributed by atoms with van der Waals surface area (Å²) in [6.45, 7) is 8.53. The van der Waals surface area contributed by atoms with E-state index in [1.807, 2.05) is 60.7 Å². The van der Waals surface area contributed by atoms with Gasteiger partial charge in [0.25, 0.3) is 0 Å². The molecule has 3 fully saturated rings. The fraction of sp³-hybridized carbons (Fsp3) is 0.389. The van der Waals surface area contributed by atoms with Gasteiger partial charge in [0, 0.05) is 42.5 Å². The number of nitrogens with one attached hydrogen (secondary N) is 2. The van der Waals surface area contributed by atoms with Crippen LogP contribution < -0.4 is 15.5 Å². The van der Waals surface area contributed by atoms with Gasteiger partial charge in [-0.05, 0) is 48.2 Å². The zero-order chi connectivity index (χ0) is 32.1. The lowest BCUT2D eigenvalue weighted by Crippen LogP contribution is -2.57. The van der Waals surface area contributed by atoms with Crippen molar-refractivity contribution < 1.29 is 28.9 Å². The van der Waals surface area contributed by atoms with Gasteiger partial charge >= 0.3 is 6.09 Å². The largest absolute Gasteiger partial charge is 0.445 e. The number of carbonyl (C=O) groups excluding carboxylic acids is 2. The van der Waals surface area contributed by atoms with Gasteiger partial charge < -0.3 is 34.4 Å². The first kappa shape index (κ1) is 31.7. The summed E-state index contributed by atoms with van der Waals surface area (Å²) in [7, 11) is 0. The summed E-state index contributed by atoms with van der Waals surface area (Å²) in [6.07, 6.45) is 1.26. The average Bonchev–Trinajstić information content (AvgIpc) is 3.40. The van der Waals surface area contributed by atoms with E-state index in [4.69, 9.17) is 14.2 Å². The van der Waals surface area contributed by atoms with E-state index in [9.17, 15) is 14.7 Å². The van der Waals surface area contributed by atoms with Crippen LogP contribution in [0, 0.1) is 5.92 Å². The number of aliphatic hydroxyl groups is 1. The van der Waals surface area contributed by atoms with Gasteiger partial charge in [0.1, 0.15) is 12.1 Å². The number of hydrogen-bond acceptors (Lipinski definition) is 8. The Kier molecular flexibility index (Phi) is 9.70. The van der Waals surface area contributed by atoms with Gasteiger partial charge in [0.05, 0.1) is 25.5 Å². The molecule has 4 atom stereocenters. The zero-order valence-corrected chi connectivity index (χ0v) is 26.1. The van der Waals surface area contributed by atoms with Crippen LogP contribution >= 0.6 is 0 Å². The third kappa shape index (κ3) is 6.66. The van der Waals surface area contributed by atoms with Gasteiger partial charge in [0.15, 0.2) is 6.29 Å². The van der Waals surface area contributed by atoms with Crippen molar-refractivity contribution in [2.45, 2.75) is 50.4 Å². The molecule has 3 heterocycles. The quantitative estimate of drug-likeness (QED) is 0.280. The first-order valence-corrected chi connectivity index (χ1v) is 15.9. The minimum absolute atomic E-state index is 0.0119. The fourth-order valence-corrected chi connectivity index (χ4v) is 6.77. The van der Waals surface area contributed by atoms with Crippen molar-refractivity contribution in [3.05, 3.63) is 108 Å². The fourth-order valence-electron chi connectivity index (χ4n) is 6.77. The number of piperidine rings is 1. The molecule has 0 saturated carbocycles. The van der Waals surface area contributed by atoms with Crippen molar-refractivity contribution in [2.24, 2.45) is 5.92 Å². The molecule has 6 rings (SSSR count). The van der Waals surface area contributed by atoms with Crippen LogP contribution in [0.2, 0.25) is 0 Å². The lowest BCUT2D eigenvalue weighted by Gasteiger charge is -2.46. The van der Waals surface area contributed by atoms with Crippen LogP contribution in [-0.4, -0.2) is 66.6 Å². The molecule has 0 bridgehead atoms. The standard InChI is InChI=1S/C36H42N4O6/c1-3-20-44-35(43)38-29-9-7-8-28(21-29)33-45-31(25(2)32(46-33)27-14-12-26(23-41)13-15-27)22-39-18-16-36(17-19-39)34(42)37-24-40(36)30-10-5-4-6-11-30/h3-15,21,25,31-33,41H,1,16-20,22-24H2,2H3,(H,37,42)(H,38,43)/t25-,31+,32+,33+/m0/s1. The van der Waals surface area contributed by atoms with Crippen molar-refractivity contribution >= 4 is 23.4 Å². The highest BCUT2D eigenvalue weighted by Crippen LogP contribution is 2.43. The van der Waals surface area contributed by atoms with E-state index in [-0.39, 0.29) is 37.2 Å². The van der Waals surface area contributed by atoms with Crippen molar-refractivity contribution in [3.8, 4) is 0 Å². The Morgan fingerprint density at radius 1 is 1.07 bits per heavy atom. The highest BCUT2D eigenvalue weighted by atomic mass is 16.7. The number of aliphatic hydroxyl groups excluding tert-OH is 1. The molecule has 3 aliphatic heterocycles. The Balaban J connectivity index is 1.20. The van der Waals surface area contributed by atoms with Crippen LogP contribution in [0.1, 0.15) is 48.8 Å². The summed E-state index contributed by atoms with van der Waals surface area (Å²) >= 11 is 0. The molecule has 3 N–H and O–H groups in total. The Hall–Kier alpha value is -4.22. The first-order chi connectivity index (χ1) is 22.4. The smallest absolute Gasteiger partial charge is 0.411 e. The molecule has 2 amide bonds. The minimum atomic E-state index is -0.681. The molecule has 0 radical (unpaired) electrons. The van der Waals surface area contributed by atoms with E-state index in [1.54, 1.807) is 6.07 Å². The molecular formula is C36H42N4O6. The van der Waals surface area contributed by atoms with Crippen LogP contribution in [0.4, 0.5) is 16.2 Å². The Bertz CT molecular complexity index is 1510. The highest BCUT2D eigenvalue weighted by Gasteiger charge is 2.51. The Labute approximate surface area is 269 Å². The topological polar surface area (TPSA) is 113 Å². The number of nitrogens with zero attached hydrogens (tertiary/aromatic N) is 2. The second kappa shape index (κ2) is 14.0. The number of ether oxygens (including phenoxy) is 3. The van der Waals surface area contributed by atoms with Crippen LogP contribution in [0.25, 0.3) is 0 Å². The lowest BCUT2D eigenvalue weighted by atomic mass is 9.84. The number of benzene rings is 3. The number of carbonyl (C=O) groups is 2. The van der Waals surface area contributed by atoms with E-state index >= 15 is 0 Å². The van der Waals surface area contributed by atoms with Crippen molar-refractivity contribution in [3.63, 3.8) is 0 Å². The molecule has 3 aromatic carbocycles. The number of hydrogen-bond donors (Lipinski definition) is 3. The molecule has 3 aromatic rings. The molecule has 1 spiro atoms. The molecule has 0 aromatic heterocycles. The van der Waals surface area contributed by atoms with E-state index in [0.29, 0.717) is 18.9 Å². The summed E-state index contributed by atoms with van der Waals surface area (Å²) < 4.78 is 18.4. The number of likely N-dealkylation sites (tertiary alicyclic amines) is 1. The lowest BCUT2D eigenvalue weighted by molar-refractivity contribution is -0.276. The average molecular weight is 627 g/mol. The van der Waals surface area contributed by atoms with Gasteiger partial charge in [-0.2, -0.15) is 0 Å². The van der Waals surface area contributed by atoms with Crippen LogP contribution in [0.3, 0.4) is 0 Å². The van der Waals surface area contributed by atoms with Crippen molar-refractivity contribution in [2.75, 3.05) is 43.1 Å². The third-order valence-corrected chi connectivity index (χ3v) is 9.39. The van der Waals surface area contributed by atoms with Gasteiger partial charge in [-0.15, -0.1) is 0 Å². The maximum atomic E-state index is 13.2. The maximum Gasteiger partial charge on any atom is 0.411 e. The zero-order valence-electron chi connectivity index (χ0n) is 26.1. The van der Waals surface area contributed by atoms with Crippen molar-refractivity contribution in [1.82, 2.24) is 10.2 Å². The Morgan fingerprint density at radius 2 is 1.83 bits per heavy atom. The number of rotatable bonds is 9. The van der Waals surface area contributed by atoms with Gasteiger partial charge in [0.2, 0.25) is 5.91 Å². The SMILES string of the molecule is C=CCOC(=O)Nc1cccc([C@@H]2O[C@H](CN3CCC4(CC3)C(=O)NCN4c3ccccc3)[C@H](C)[C@H](c3ccc(CO)cc3)O2)c1. The molecular weight excluding hydrogens is 584 g/mol. The summed E-state index contributed by atoms with van der Waals surface area (Å²) in [6, 6.07) is 25.4. The predicted molar refractivity (Wildman–Crippen MR) is 175 cm³/mol. The van der Waals surface area contributed by atoms with E-state index < -0.39 is 17.9 Å². The molecule has 3 saturated heterocycles. The van der Waals surface area contributed by atoms with Crippen molar-refractivity contribution in [1.29, 1.82) is 0 Å². The highest BCUT2D eigenvalue weighted by molar-refractivity contribution is 5.93. The van der Waals surface area contributed by atoms with Gasteiger partial charge in [-0.3, -0.25) is 10.1 Å². The summed E-state index contributed by atoms with van der Waals surface area (Å²) in [5, 5.41) is 15.4. The minimum Gasteiger partial charge on any atom is -0.445 e. The normalized spacial score (nSPS) is 24.4. The molecule has 0 unspecified atom stereocenters. The van der Waals surface area contributed by atoms with Gasteiger partial charge in [-0.25, -0.2) is 4.79 Å².